The smallest absolute Gasteiger partial charge is 0.164 e. The number of rotatable bonds is 2. The predicted molar refractivity (Wildman–Crippen MR) is 63.9 cm³/mol. The van der Waals surface area contributed by atoms with Gasteiger partial charge in [-0.15, -0.1) is 23.7 Å². The normalized spacial score (nSPS) is 12.0. The number of nitrogens with two attached hydrogens (primary N) is 1. The Kier molecular flexibility index (Phi) is 4.56. The third kappa shape index (κ3) is 2.80. The zero-order valence-corrected chi connectivity index (χ0v) is 10.1. The maximum absolute atomic E-state index is 13.4. The van der Waals surface area contributed by atoms with Crippen molar-refractivity contribution >= 4 is 23.7 Å². The van der Waals surface area contributed by atoms with E-state index in [1.807, 2.05) is 0 Å². The van der Waals surface area contributed by atoms with Crippen molar-refractivity contribution in [3.8, 4) is 0 Å². The summed E-state index contributed by atoms with van der Waals surface area (Å²) < 4.78 is 39.3. The molecule has 2 rings (SSSR count). The van der Waals surface area contributed by atoms with Crippen molar-refractivity contribution in [2.24, 2.45) is 5.73 Å². The fraction of sp³-hybridized carbons (Fsp3) is 0.0909. The van der Waals surface area contributed by atoms with Crippen LogP contribution in [0.4, 0.5) is 13.2 Å². The van der Waals surface area contributed by atoms with Crippen LogP contribution in [-0.4, -0.2) is 0 Å². The summed E-state index contributed by atoms with van der Waals surface area (Å²) in [7, 11) is 0. The molecule has 1 atom stereocenters. The lowest BCUT2D eigenvalue weighted by Crippen LogP contribution is -2.13. The zero-order valence-electron chi connectivity index (χ0n) is 8.49. The second-order valence-corrected chi connectivity index (χ2v) is 4.26. The Morgan fingerprint density at radius 3 is 2.47 bits per heavy atom. The van der Waals surface area contributed by atoms with Crippen LogP contribution in [0, 0.1) is 17.5 Å². The molecule has 1 nitrogen and oxygen atoms in total. The van der Waals surface area contributed by atoms with Gasteiger partial charge in [0.2, 0.25) is 0 Å². The van der Waals surface area contributed by atoms with Crippen molar-refractivity contribution in [3.63, 3.8) is 0 Å². The van der Waals surface area contributed by atoms with E-state index in [2.05, 4.69) is 0 Å². The van der Waals surface area contributed by atoms with E-state index in [9.17, 15) is 13.2 Å². The molecule has 0 bridgehead atoms. The average Bonchev–Trinajstić information content (AvgIpc) is 2.75. The molecule has 0 aliphatic rings. The van der Waals surface area contributed by atoms with Crippen molar-refractivity contribution < 1.29 is 13.2 Å². The first-order valence-electron chi connectivity index (χ1n) is 4.53. The second kappa shape index (κ2) is 5.53. The molecule has 0 fully saturated rings. The van der Waals surface area contributed by atoms with Gasteiger partial charge in [-0.05, 0) is 17.5 Å². The summed E-state index contributed by atoms with van der Waals surface area (Å²) in [6.45, 7) is 0. The molecule has 17 heavy (non-hydrogen) atoms. The van der Waals surface area contributed by atoms with Crippen LogP contribution in [0.15, 0.2) is 29.6 Å². The number of hydrogen-bond acceptors (Lipinski definition) is 2. The first-order valence-corrected chi connectivity index (χ1v) is 5.41. The van der Waals surface area contributed by atoms with E-state index in [0.29, 0.717) is 10.9 Å². The van der Waals surface area contributed by atoms with Crippen LogP contribution in [0.5, 0.6) is 0 Å². The molecule has 0 saturated heterocycles. The van der Waals surface area contributed by atoms with Gasteiger partial charge in [0.15, 0.2) is 11.6 Å². The summed E-state index contributed by atoms with van der Waals surface area (Å²) in [6.07, 6.45) is 0. The number of benzene rings is 1. The molecule has 1 aromatic heterocycles. The monoisotopic (exact) mass is 279 g/mol. The Balaban J connectivity index is 0.00000144. The molecule has 92 valence electrons. The molecule has 0 amide bonds. The van der Waals surface area contributed by atoms with Crippen molar-refractivity contribution in [1.29, 1.82) is 0 Å². The number of hydrogen-bond donors (Lipinski definition) is 1. The highest BCUT2D eigenvalue weighted by atomic mass is 35.5. The van der Waals surface area contributed by atoms with Gasteiger partial charge >= 0.3 is 0 Å². The molecule has 2 aromatic rings. The van der Waals surface area contributed by atoms with Crippen molar-refractivity contribution in [2.45, 2.75) is 6.04 Å². The standard InChI is InChI=1S/C11H8F3NS.ClH/c12-6-4-7(10(14)8(13)5-6)11(15)9-2-1-3-16-9;/h1-5,11H,15H2;1H/t11-;/m0./s1. The van der Waals surface area contributed by atoms with Crippen LogP contribution in [0.25, 0.3) is 0 Å². The highest BCUT2D eigenvalue weighted by molar-refractivity contribution is 7.10. The topological polar surface area (TPSA) is 26.0 Å². The molecular formula is C11H9ClF3NS. The van der Waals surface area contributed by atoms with Gasteiger partial charge in [-0.3, -0.25) is 0 Å². The van der Waals surface area contributed by atoms with Crippen LogP contribution >= 0.6 is 23.7 Å². The van der Waals surface area contributed by atoms with Gasteiger partial charge in [-0.25, -0.2) is 13.2 Å². The zero-order chi connectivity index (χ0) is 11.7. The fourth-order valence-corrected chi connectivity index (χ4v) is 2.17. The highest BCUT2D eigenvalue weighted by Crippen LogP contribution is 2.27. The Morgan fingerprint density at radius 1 is 1.18 bits per heavy atom. The van der Waals surface area contributed by atoms with Gasteiger partial charge in [0.05, 0.1) is 6.04 Å². The largest absolute Gasteiger partial charge is 0.320 e. The van der Waals surface area contributed by atoms with E-state index >= 15 is 0 Å². The molecule has 0 spiro atoms. The maximum atomic E-state index is 13.4. The minimum absolute atomic E-state index is 0. The molecule has 6 heteroatoms. The van der Waals surface area contributed by atoms with Crippen LogP contribution in [-0.2, 0) is 0 Å². The maximum Gasteiger partial charge on any atom is 0.164 e. The minimum Gasteiger partial charge on any atom is -0.320 e. The van der Waals surface area contributed by atoms with E-state index in [0.717, 1.165) is 6.07 Å². The molecular weight excluding hydrogens is 271 g/mol. The summed E-state index contributed by atoms with van der Waals surface area (Å²) in [5.41, 5.74) is 5.57. The summed E-state index contributed by atoms with van der Waals surface area (Å²) >= 11 is 1.31. The molecule has 0 unspecified atom stereocenters. The Morgan fingerprint density at radius 2 is 1.88 bits per heavy atom. The van der Waals surface area contributed by atoms with Crippen LogP contribution in [0.1, 0.15) is 16.5 Å². The van der Waals surface area contributed by atoms with Crippen LogP contribution in [0.2, 0.25) is 0 Å². The summed E-state index contributed by atoms with van der Waals surface area (Å²) in [6, 6.07) is 4.01. The Hall–Kier alpha value is -1.04. The third-order valence-electron chi connectivity index (χ3n) is 2.21. The molecule has 0 radical (unpaired) electrons. The number of halogens is 4. The minimum atomic E-state index is -1.22. The van der Waals surface area contributed by atoms with Crippen molar-refractivity contribution in [1.82, 2.24) is 0 Å². The molecule has 1 heterocycles. The third-order valence-corrected chi connectivity index (χ3v) is 3.16. The summed E-state index contributed by atoms with van der Waals surface area (Å²) in [5, 5.41) is 1.77. The van der Waals surface area contributed by atoms with Gasteiger partial charge in [0, 0.05) is 16.5 Å². The van der Waals surface area contributed by atoms with Gasteiger partial charge < -0.3 is 5.73 Å². The van der Waals surface area contributed by atoms with Crippen molar-refractivity contribution in [3.05, 3.63) is 57.5 Å². The van der Waals surface area contributed by atoms with Gasteiger partial charge in [-0.2, -0.15) is 0 Å². The van der Waals surface area contributed by atoms with E-state index < -0.39 is 23.5 Å². The quantitative estimate of drug-likeness (QED) is 0.835. The molecule has 0 aliphatic heterocycles. The first-order chi connectivity index (χ1) is 7.59. The average molecular weight is 280 g/mol. The molecule has 0 aliphatic carbocycles. The van der Waals surface area contributed by atoms with E-state index in [1.165, 1.54) is 11.3 Å². The SMILES string of the molecule is Cl.N[C@H](c1cccs1)c1cc(F)cc(F)c1F. The Labute approximate surface area is 106 Å². The summed E-state index contributed by atoms with van der Waals surface area (Å²) in [5.74, 6) is -3.15. The van der Waals surface area contributed by atoms with E-state index in [1.54, 1.807) is 17.5 Å². The van der Waals surface area contributed by atoms with E-state index in [4.69, 9.17) is 5.73 Å². The lowest BCUT2D eigenvalue weighted by atomic mass is 10.1. The van der Waals surface area contributed by atoms with Crippen LogP contribution < -0.4 is 5.73 Å². The van der Waals surface area contributed by atoms with Crippen molar-refractivity contribution in [2.75, 3.05) is 0 Å². The predicted octanol–water partition coefficient (Wildman–Crippen LogP) is 3.64. The number of thiophene rings is 1. The fourth-order valence-electron chi connectivity index (χ4n) is 1.42. The molecule has 0 saturated carbocycles. The summed E-state index contributed by atoms with van der Waals surface area (Å²) in [4.78, 5) is 0.656. The molecule has 1 aromatic carbocycles. The lowest BCUT2D eigenvalue weighted by Gasteiger charge is -2.11. The highest BCUT2D eigenvalue weighted by Gasteiger charge is 2.18. The lowest BCUT2D eigenvalue weighted by molar-refractivity contribution is 0.481. The van der Waals surface area contributed by atoms with Crippen LogP contribution in [0.3, 0.4) is 0 Å². The molecule has 2 N–H and O–H groups in total. The van der Waals surface area contributed by atoms with Gasteiger partial charge in [0.1, 0.15) is 5.82 Å². The van der Waals surface area contributed by atoms with Gasteiger partial charge in [0.25, 0.3) is 0 Å². The van der Waals surface area contributed by atoms with E-state index in [-0.39, 0.29) is 18.0 Å². The Bertz CT molecular complexity index is 502. The second-order valence-electron chi connectivity index (χ2n) is 3.28. The van der Waals surface area contributed by atoms with Gasteiger partial charge in [-0.1, -0.05) is 6.07 Å². The first kappa shape index (κ1) is 14.0.